The first-order valence-electron chi connectivity index (χ1n) is 8.39. The van der Waals surface area contributed by atoms with Gasteiger partial charge in [-0.3, -0.25) is 15.0 Å². The second-order valence-electron chi connectivity index (χ2n) is 7.95. The largest absolute Gasteiger partial charge is 0.368 e. The number of carbonyl (C=O) groups excluding carboxylic acids is 2. The monoisotopic (exact) mass is 347 g/mol. The second-order valence-corrected chi connectivity index (χ2v) is 8.38. The number of nitrogens with one attached hydrogen (secondary N) is 1. The Morgan fingerprint density at radius 1 is 1.29 bits per heavy atom. The molecule has 1 aromatic carbocycles. The summed E-state index contributed by atoms with van der Waals surface area (Å²) in [6.07, 6.45) is 2.85. The number of hydrogen-bond acceptors (Lipinski definition) is 3. The maximum Gasteiger partial charge on any atom is 0.265 e. The van der Waals surface area contributed by atoms with Gasteiger partial charge in [-0.1, -0.05) is 25.4 Å². The quantitative estimate of drug-likeness (QED) is 0.881. The van der Waals surface area contributed by atoms with E-state index < -0.39 is 5.54 Å². The number of hydrazine groups is 1. The SMILES string of the molecule is C[C@]12CC[C@H]3C[C@@]1(C(N)=O)N(NC(=O)c1ccc(Cl)cc1)C[C@@]32C. The molecule has 4 atom stereocenters. The smallest absolute Gasteiger partial charge is 0.265 e. The van der Waals surface area contributed by atoms with Crippen molar-refractivity contribution in [3.8, 4) is 0 Å². The Balaban J connectivity index is 1.66. The van der Waals surface area contributed by atoms with Gasteiger partial charge in [0.05, 0.1) is 0 Å². The molecule has 128 valence electrons. The van der Waals surface area contributed by atoms with Crippen molar-refractivity contribution in [1.82, 2.24) is 10.4 Å². The number of primary amides is 1. The van der Waals surface area contributed by atoms with E-state index in [9.17, 15) is 9.59 Å². The molecule has 3 fully saturated rings. The number of halogens is 1. The molecule has 4 bridgehead atoms. The van der Waals surface area contributed by atoms with E-state index in [4.69, 9.17) is 17.3 Å². The van der Waals surface area contributed by atoms with E-state index in [1.165, 1.54) is 0 Å². The van der Waals surface area contributed by atoms with E-state index in [1.807, 2.05) is 5.01 Å². The highest BCUT2D eigenvalue weighted by Gasteiger charge is 2.80. The molecule has 0 radical (unpaired) electrons. The highest BCUT2D eigenvalue weighted by Crippen LogP contribution is 2.75. The highest BCUT2D eigenvalue weighted by atomic mass is 35.5. The van der Waals surface area contributed by atoms with Gasteiger partial charge < -0.3 is 5.73 Å². The second kappa shape index (κ2) is 4.73. The van der Waals surface area contributed by atoms with E-state index in [-0.39, 0.29) is 22.6 Å². The summed E-state index contributed by atoms with van der Waals surface area (Å²) in [7, 11) is 0. The molecule has 3 N–H and O–H groups in total. The maximum absolute atomic E-state index is 12.6. The van der Waals surface area contributed by atoms with Gasteiger partial charge in [-0.05, 0) is 54.9 Å². The standard InChI is InChI=1S/C18H22ClN3O2/c1-16-10-22(21-14(23)11-3-5-13(19)6-4-11)18(15(20)24)9-12(16)7-8-17(16,18)2/h3-6,12H,7-10H2,1-2H3,(H2,20,24)(H,21,23)/t12-,16-,17+,18-/m0/s1. The van der Waals surface area contributed by atoms with Crippen molar-refractivity contribution >= 4 is 23.4 Å². The zero-order valence-corrected chi connectivity index (χ0v) is 14.7. The molecule has 0 unspecified atom stereocenters. The van der Waals surface area contributed by atoms with Crippen molar-refractivity contribution < 1.29 is 9.59 Å². The number of carbonyl (C=O) groups is 2. The molecule has 4 rings (SSSR count). The van der Waals surface area contributed by atoms with Crippen LogP contribution in [0.2, 0.25) is 5.02 Å². The Kier molecular flexibility index (Phi) is 3.14. The summed E-state index contributed by atoms with van der Waals surface area (Å²) in [5.41, 5.74) is 8.38. The van der Waals surface area contributed by atoms with Crippen LogP contribution < -0.4 is 11.2 Å². The molecular weight excluding hydrogens is 326 g/mol. The van der Waals surface area contributed by atoms with E-state index in [1.54, 1.807) is 24.3 Å². The van der Waals surface area contributed by atoms with Crippen LogP contribution in [0.15, 0.2) is 24.3 Å². The molecule has 5 nitrogen and oxygen atoms in total. The average molecular weight is 348 g/mol. The van der Waals surface area contributed by atoms with Crippen LogP contribution in [0.4, 0.5) is 0 Å². The maximum atomic E-state index is 12.6. The van der Waals surface area contributed by atoms with Gasteiger partial charge >= 0.3 is 0 Å². The van der Waals surface area contributed by atoms with E-state index in [0.717, 1.165) is 19.3 Å². The predicted octanol–water partition coefficient (Wildman–Crippen LogP) is 2.35. The van der Waals surface area contributed by atoms with Crippen LogP contribution in [0, 0.1) is 16.7 Å². The van der Waals surface area contributed by atoms with E-state index >= 15 is 0 Å². The first-order valence-corrected chi connectivity index (χ1v) is 8.76. The van der Waals surface area contributed by atoms with Crippen molar-refractivity contribution in [2.75, 3.05) is 6.54 Å². The summed E-state index contributed by atoms with van der Waals surface area (Å²) in [6, 6.07) is 6.72. The molecule has 0 spiro atoms. The average Bonchev–Trinajstić information content (AvgIpc) is 2.97. The number of piperidine rings is 1. The van der Waals surface area contributed by atoms with Crippen molar-refractivity contribution in [2.45, 2.75) is 38.6 Å². The van der Waals surface area contributed by atoms with Gasteiger partial charge in [0.25, 0.3) is 5.91 Å². The van der Waals surface area contributed by atoms with Crippen molar-refractivity contribution in [2.24, 2.45) is 22.5 Å². The summed E-state index contributed by atoms with van der Waals surface area (Å²) in [4.78, 5) is 25.1. The molecule has 3 aliphatic rings. The molecule has 1 aliphatic heterocycles. The summed E-state index contributed by atoms with van der Waals surface area (Å²) in [6.45, 7) is 5.07. The minimum atomic E-state index is -0.785. The Bertz CT molecular complexity index is 736. The zero-order chi connectivity index (χ0) is 17.3. The number of rotatable bonds is 3. The number of amides is 2. The number of benzene rings is 1. The third-order valence-electron chi connectivity index (χ3n) is 7.31. The van der Waals surface area contributed by atoms with E-state index in [0.29, 0.717) is 23.0 Å². The van der Waals surface area contributed by atoms with Crippen molar-refractivity contribution in [3.63, 3.8) is 0 Å². The number of nitrogens with zero attached hydrogens (tertiary/aromatic N) is 1. The topological polar surface area (TPSA) is 75.4 Å². The molecule has 6 heteroatoms. The van der Waals surface area contributed by atoms with Crippen LogP contribution in [0.5, 0.6) is 0 Å². The third kappa shape index (κ3) is 1.64. The molecule has 2 saturated carbocycles. The lowest BCUT2D eigenvalue weighted by Crippen LogP contribution is -2.66. The normalized spacial score (nSPS) is 40.0. The van der Waals surface area contributed by atoms with Crippen molar-refractivity contribution in [3.05, 3.63) is 34.9 Å². The zero-order valence-electron chi connectivity index (χ0n) is 13.9. The predicted molar refractivity (Wildman–Crippen MR) is 91.1 cm³/mol. The highest BCUT2D eigenvalue weighted by molar-refractivity contribution is 6.30. The fourth-order valence-corrected chi connectivity index (χ4v) is 5.84. The van der Waals surface area contributed by atoms with Gasteiger partial charge in [0.1, 0.15) is 5.54 Å². The van der Waals surface area contributed by atoms with Crippen LogP contribution in [0.25, 0.3) is 0 Å². The molecule has 2 amide bonds. The van der Waals surface area contributed by atoms with Gasteiger partial charge in [0.2, 0.25) is 5.91 Å². The molecule has 0 aromatic heterocycles. The molecular formula is C18H22ClN3O2. The van der Waals surface area contributed by atoms with Crippen molar-refractivity contribution in [1.29, 1.82) is 0 Å². The summed E-state index contributed by atoms with van der Waals surface area (Å²) in [5.74, 6) is -0.0612. The van der Waals surface area contributed by atoms with Gasteiger partial charge in [-0.25, -0.2) is 5.01 Å². The van der Waals surface area contributed by atoms with Gasteiger partial charge in [-0.15, -0.1) is 0 Å². The molecule has 2 aliphatic carbocycles. The molecule has 1 heterocycles. The molecule has 1 saturated heterocycles. The Hall–Kier alpha value is -1.59. The number of hydrogen-bond donors (Lipinski definition) is 2. The first-order chi connectivity index (χ1) is 11.2. The number of nitrogens with two attached hydrogens (primary N) is 1. The van der Waals surface area contributed by atoms with Crippen LogP contribution >= 0.6 is 11.6 Å². The fraction of sp³-hybridized carbons (Fsp3) is 0.556. The third-order valence-corrected chi connectivity index (χ3v) is 7.56. The minimum Gasteiger partial charge on any atom is -0.368 e. The summed E-state index contributed by atoms with van der Waals surface area (Å²) < 4.78 is 0. The Morgan fingerprint density at radius 2 is 1.96 bits per heavy atom. The first kappa shape index (κ1) is 15.9. The van der Waals surface area contributed by atoms with Crippen LogP contribution in [0.3, 0.4) is 0 Å². The van der Waals surface area contributed by atoms with Crippen LogP contribution in [0.1, 0.15) is 43.5 Å². The Labute approximate surface area is 146 Å². The lowest BCUT2D eigenvalue weighted by Gasteiger charge is -2.45. The summed E-state index contributed by atoms with van der Waals surface area (Å²) in [5, 5.41) is 2.40. The summed E-state index contributed by atoms with van der Waals surface area (Å²) >= 11 is 5.88. The lowest BCUT2D eigenvalue weighted by molar-refractivity contribution is -0.137. The van der Waals surface area contributed by atoms with E-state index in [2.05, 4.69) is 19.3 Å². The fourth-order valence-electron chi connectivity index (χ4n) is 5.71. The van der Waals surface area contributed by atoms with Crippen LogP contribution in [-0.2, 0) is 4.79 Å². The van der Waals surface area contributed by atoms with Gasteiger partial charge in [0, 0.05) is 22.5 Å². The van der Waals surface area contributed by atoms with Gasteiger partial charge in [0.15, 0.2) is 0 Å². The van der Waals surface area contributed by atoms with Crippen LogP contribution in [-0.4, -0.2) is 28.9 Å². The molecule has 1 aromatic rings. The Morgan fingerprint density at radius 3 is 2.54 bits per heavy atom. The molecule has 24 heavy (non-hydrogen) atoms. The van der Waals surface area contributed by atoms with Gasteiger partial charge in [-0.2, -0.15) is 0 Å². The lowest BCUT2D eigenvalue weighted by atomic mass is 9.65. The minimum absolute atomic E-state index is 0.00923.